The van der Waals surface area contributed by atoms with E-state index in [-0.39, 0.29) is 12.1 Å². The largest absolute Gasteiger partial charge is 0.372 e. The standard InChI is InChI=1S/C9H15N3O/c1-12-6-11-5-8(12)9-4-7(10)2-3-13-9/h5-7,9H,2-4,10H2,1H3/t7-,9+/m0/s1. The fourth-order valence-corrected chi connectivity index (χ4v) is 1.71. The summed E-state index contributed by atoms with van der Waals surface area (Å²) in [5, 5.41) is 0. The predicted octanol–water partition coefficient (Wildman–Crippen LogP) is 0.599. The van der Waals surface area contributed by atoms with Crippen molar-refractivity contribution in [2.75, 3.05) is 6.61 Å². The van der Waals surface area contributed by atoms with Crippen molar-refractivity contribution < 1.29 is 4.74 Å². The Hall–Kier alpha value is -0.870. The van der Waals surface area contributed by atoms with Crippen LogP contribution in [0.3, 0.4) is 0 Å². The van der Waals surface area contributed by atoms with Crippen molar-refractivity contribution in [3.05, 3.63) is 18.2 Å². The topological polar surface area (TPSA) is 53.1 Å². The monoisotopic (exact) mass is 181 g/mol. The van der Waals surface area contributed by atoms with Gasteiger partial charge in [-0.25, -0.2) is 4.98 Å². The number of nitrogens with zero attached hydrogens (tertiary/aromatic N) is 2. The molecule has 72 valence electrons. The molecule has 13 heavy (non-hydrogen) atoms. The van der Waals surface area contributed by atoms with Crippen LogP contribution in [0, 0.1) is 0 Å². The van der Waals surface area contributed by atoms with Crippen molar-refractivity contribution in [2.45, 2.75) is 25.0 Å². The molecule has 0 spiro atoms. The Labute approximate surface area is 77.7 Å². The van der Waals surface area contributed by atoms with Crippen LogP contribution in [0.1, 0.15) is 24.6 Å². The minimum Gasteiger partial charge on any atom is -0.372 e. The molecule has 4 heteroatoms. The maximum absolute atomic E-state index is 5.87. The molecule has 1 aromatic rings. The summed E-state index contributed by atoms with van der Waals surface area (Å²) in [5.41, 5.74) is 6.99. The Kier molecular flexibility index (Phi) is 2.33. The summed E-state index contributed by atoms with van der Waals surface area (Å²) >= 11 is 0. The maximum atomic E-state index is 5.87. The molecule has 1 saturated heterocycles. The molecule has 0 aromatic carbocycles. The van der Waals surface area contributed by atoms with Gasteiger partial charge in [-0.2, -0.15) is 0 Å². The molecule has 0 aliphatic carbocycles. The Bertz CT molecular complexity index is 284. The molecule has 4 nitrogen and oxygen atoms in total. The zero-order chi connectivity index (χ0) is 9.26. The molecule has 0 saturated carbocycles. The van der Waals surface area contributed by atoms with Gasteiger partial charge < -0.3 is 15.0 Å². The molecule has 2 heterocycles. The predicted molar refractivity (Wildman–Crippen MR) is 49.1 cm³/mol. The van der Waals surface area contributed by atoms with Crippen molar-refractivity contribution >= 4 is 0 Å². The zero-order valence-corrected chi connectivity index (χ0v) is 7.81. The molecule has 1 aromatic heterocycles. The van der Waals surface area contributed by atoms with Crippen LogP contribution >= 0.6 is 0 Å². The highest BCUT2D eigenvalue weighted by atomic mass is 16.5. The Morgan fingerprint density at radius 1 is 1.69 bits per heavy atom. The van der Waals surface area contributed by atoms with Crippen LogP contribution in [0.15, 0.2) is 12.5 Å². The number of rotatable bonds is 1. The minimum absolute atomic E-state index is 0.135. The second-order valence-corrected chi connectivity index (χ2v) is 3.57. The van der Waals surface area contributed by atoms with Gasteiger partial charge in [0.2, 0.25) is 0 Å². The van der Waals surface area contributed by atoms with E-state index in [2.05, 4.69) is 4.98 Å². The van der Waals surface area contributed by atoms with Crippen LogP contribution in [0.4, 0.5) is 0 Å². The first-order valence-corrected chi connectivity index (χ1v) is 4.61. The van der Waals surface area contributed by atoms with E-state index < -0.39 is 0 Å². The molecular weight excluding hydrogens is 166 g/mol. The van der Waals surface area contributed by atoms with E-state index in [0.717, 1.165) is 25.1 Å². The highest BCUT2D eigenvalue weighted by Gasteiger charge is 2.23. The Morgan fingerprint density at radius 2 is 2.54 bits per heavy atom. The van der Waals surface area contributed by atoms with E-state index in [1.54, 1.807) is 6.33 Å². The van der Waals surface area contributed by atoms with Gasteiger partial charge in [0.15, 0.2) is 0 Å². The van der Waals surface area contributed by atoms with Crippen LogP contribution < -0.4 is 5.73 Å². The van der Waals surface area contributed by atoms with Crippen LogP contribution in [-0.2, 0) is 11.8 Å². The second kappa shape index (κ2) is 3.47. The molecular formula is C9H15N3O. The highest BCUT2D eigenvalue weighted by Crippen LogP contribution is 2.26. The first-order chi connectivity index (χ1) is 6.27. The lowest BCUT2D eigenvalue weighted by Crippen LogP contribution is -2.31. The number of ether oxygens (including phenoxy) is 1. The average Bonchev–Trinajstić information content (AvgIpc) is 2.51. The average molecular weight is 181 g/mol. The van der Waals surface area contributed by atoms with Crippen LogP contribution in [0.5, 0.6) is 0 Å². The molecule has 0 amide bonds. The smallest absolute Gasteiger partial charge is 0.100 e. The molecule has 0 radical (unpaired) electrons. The third-order valence-electron chi connectivity index (χ3n) is 2.51. The first-order valence-electron chi connectivity index (χ1n) is 4.61. The van der Waals surface area contributed by atoms with Gasteiger partial charge in [-0.1, -0.05) is 0 Å². The van der Waals surface area contributed by atoms with E-state index >= 15 is 0 Å². The molecule has 1 fully saturated rings. The number of nitrogens with two attached hydrogens (primary N) is 1. The van der Waals surface area contributed by atoms with Crippen LogP contribution in [0.25, 0.3) is 0 Å². The van der Waals surface area contributed by atoms with Crippen molar-refractivity contribution in [1.82, 2.24) is 9.55 Å². The Morgan fingerprint density at radius 3 is 3.15 bits per heavy atom. The number of hydrogen-bond donors (Lipinski definition) is 1. The molecule has 1 aliphatic rings. The van der Waals surface area contributed by atoms with Gasteiger partial charge in [0.25, 0.3) is 0 Å². The number of hydrogen-bond acceptors (Lipinski definition) is 3. The lowest BCUT2D eigenvalue weighted by Gasteiger charge is -2.27. The van der Waals surface area contributed by atoms with Gasteiger partial charge in [0.1, 0.15) is 6.10 Å². The van der Waals surface area contributed by atoms with Crippen LogP contribution in [0.2, 0.25) is 0 Å². The SMILES string of the molecule is Cn1cncc1[C@H]1C[C@@H](N)CCO1. The van der Waals surface area contributed by atoms with Gasteiger partial charge in [0.05, 0.1) is 18.2 Å². The number of aromatic nitrogens is 2. The van der Waals surface area contributed by atoms with E-state index in [4.69, 9.17) is 10.5 Å². The van der Waals surface area contributed by atoms with Gasteiger partial charge in [0, 0.05) is 19.7 Å². The summed E-state index contributed by atoms with van der Waals surface area (Å²) in [6.45, 7) is 0.761. The van der Waals surface area contributed by atoms with Gasteiger partial charge in [-0.05, 0) is 12.8 Å². The number of aryl methyl sites for hydroxylation is 1. The van der Waals surface area contributed by atoms with Crippen molar-refractivity contribution in [1.29, 1.82) is 0 Å². The Balaban J connectivity index is 2.12. The fourth-order valence-electron chi connectivity index (χ4n) is 1.71. The third-order valence-corrected chi connectivity index (χ3v) is 2.51. The third kappa shape index (κ3) is 1.73. The fraction of sp³-hybridized carbons (Fsp3) is 0.667. The van der Waals surface area contributed by atoms with E-state index in [1.165, 1.54) is 0 Å². The second-order valence-electron chi connectivity index (χ2n) is 3.57. The molecule has 2 atom stereocenters. The molecule has 0 unspecified atom stereocenters. The van der Waals surface area contributed by atoms with Crippen LogP contribution in [-0.4, -0.2) is 22.2 Å². The normalized spacial score (nSPS) is 29.1. The van der Waals surface area contributed by atoms with E-state index in [1.807, 2.05) is 17.8 Å². The van der Waals surface area contributed by atoms with Gasteiger partial charge in [-0.15, -0.1) is 0 Å². The molecule has 2 N–H and O–H groups in total. The number of imidazole rings is 1. The summed E-state index contributed by atoms with van der Waals surface area (Å²) in [4.78, 5) is 4.06. The lowest BCUT2D eigenvalue weighted by molar-refractivity contribution is 0.00253. The summed E-state index contributed by atoms with van der Waals surface area (Å²) in [6.07, 6.45) is 5.64. The molecule has 0 bridgehead atoms. The summed E-state index contributed by atoms with van der Waals surface area (Å²) in [7, 11) is 1.98. The molecule has 1 aliphatic heterocycles. The summed E-state index contributed by atoms with van der Waals surface area (Å²) in [6, 6.07) is 0.272. The summed E-state index contributed by atoms with van der Waals surface area (Å²) in [5.74, 6) is 0. The maximum Gasteiger partial charge on any atom is 0.100 e. The van der Waals surface area contributed by atoms with Gasteiger partial charge >= 0.3 is 0 Å². The van der Waals surface area contributed by atoms with E-state index in [9.17, 15) is 0 Å². The van der Waals surface area contributed by atoms with Crippen molar-refractivity contribution in [2.24, 2.45) is 12.8 Å². The van der Waals surface area contributed by atoms with Crippen molar-refractivity contribution in [3.63, 3.8) is 0 Å². The minimum atomic E-state index is 0.135. The van der Waals surface area contributed by atoms with Crippen molar-refractivity contribution in [3.8, 4) is 0 Å². The lowest BCUT2D eigenvalue weighted by atomic mass is 10.0. The molecule has 2 rings (SSSR count). The zero-order valence-electron chi connectivity index (χ0n) is 7.81. The first kappa shape index (κ1) is 8.72. The quantitative estimate of drug-likeness (QED) is 0.690. The van der Waals surface area contributed by atoms with E-state index in [0.29, 0.717) is 0 Å². The summed E-state index contributed by atoms with van der Waals surface area (Å²) < 4.78 is 7.62. The van der Waals surface area contributed by atoms with Gasteiger partial charge in [-0.3, -0.25) is 0 Å². The highest BCUT2D eigenvalue weighted by molar-refractivity contribution is 5.04.